The average Bonchev–Trinajstić information content (AvgIpc) is 2.19. The molecule has 0 fully saturated rings. The van der Waals surface area contributed by atoms with Gasteiger partial charge in [0.25, 0.3) is 0 Å². The van der Waals surface area contributed by atoms with E-state index in [1.54, 1.807) is 0 Å². The smallest absolute Gasteiger partial charge is 0.0142 e. The summed E-state index contributed by atoms with van der Waals surface area (Å²) in [6.45, 7) is 16.1. The van der Waals surface area contributed by atoms with E-state index in [4.69, 9.17) is 0 Å². The summed E-state index contributed by atoms with van der Waals surface area (Å²) in [5.41, 5.74) is 2.46. The summed E-state index contributed by atoms with van der Waals surface area (Å²) in [6, 6.07) is 0. The van der Waals surface area contributed by atoms with Gasteiger partial charge in [0.2, 0.25) is 0 Å². The minimum Gasteiger partial charge on any atom is -0.0991 e. The van der Waals surface area contributed by atoms with Gasteiger partial charge in [-0.3, -0.25) is 0 Å². The van der Waals surface area contributed by atoms with Crippen LogP contribution in [-0.2, 0) is 0 Å². The first-order chi connectivity index (χ1) is 7.04. The fourth-order valence-electron chi connectivity index (χ4n) is 1.68. The molecule has 0 aliphatic heterocycles. The highest BCUT2D eigenvalue weighted by atomic mass is 14.3. The molecule has 0 rings (SSSR count). The molecule has 0 aromatic rings. The molecule has 0 radical (unpaired) electrons. The Kier molecular flexibility index (Phi) is 5.69. The number of hydrogen-bond acceptors (Lipinski definition) is 0. The Bertz CT molecular complexity index is 309. The maximum atomic E-state index is 3.86. The first kappa shape index (κ1) is 13.7. The molecule has 0 saturated carbocycles. The fourth-order valence-corrected chi connectivity index (χ4v) is 1.68. The molecule has 0 saturated heterocycles. The first-order valence-corrected chi connectivity index (χ1v) is 5.29. The van der Waals surface area contributed by atoms with E-state index in [0.717, 1.165) is 0 Å². The number of rotatable bonds is 5. The van der Waals surface area contributed by atoms with Gasteiger partial charge in [-0.2, -0.15) is 0 Å². The van der Waals surface area contributed by atoms with Gasteiger partial charge in [0, 0.05) is 5.41 Å². The Morgan fingerprint density at radius 3 is 2.00 bits per heavy atom. The van der Waals surface area contributed by atoms with Crippen molar-refractivity contribution in [1.29, 1.82) is 0 Å². The van der Waals surface area contributed by atoms with E-state index in [1.807, 2.05) is 38.2 Å². The molecule has 0 aromatic carbocycles. The molecule has 0 heterocycles. The molecule has 0 unspecified atom stereocenters. The Balaban J connectivity index is 5.38. The first-order valence-electron chi connectivity index (χ1n) is 5.29. The van der Waals surface area contributed by atoms with Crippen molar-refractivity contribution in [2.45, 2.75) is 27.7 Å². The summed E-state index contributed by atoms with van der Waals surface area (Å²) in [5, 5.41) is 0. The molecule has 0 aliphatic carbocycles. The lowest BCUT2D eigenvalue weighted by atomic mass is 9.76. The highest BCUT2D eigenvalue weighted by Gasteiger charge is 2.23. The molecule has 0 nitrogen and oxygen atoms in total. The molecule has 0 aliphatic rings. The van der Waals surface area contributed by atoms with Crippen LogP contribution in [0.4, 0.5) is 0 Å². The van der Waals surface area contributed by atoms with Gasteiger partial charge in [0.05, 0.1) is 0 Å². The summed E-state index contributed by atoms with van der Waals surface area (Å²) < 4.78 is 0. The maximum absolute atomic E-state index is 3.86. The predicted octanol–water partition coefficient (Wildman–Crippen LogP) is 4.83. The third-order valence-electron chi connectivity index (χ3n) is 2.62. The zero-order valence-electron chi connectivity index (χ0n) is 10.4. The van der Waals surface area contributed by atoms with E-state index < -0.39 is 0 Å². The summed E-state index contributed by atoms with van der Waals surface area (Å²) in [7, 11) is 0. The predicted molar refractivity (Wildman–Crippen MR) is 70.8 cm³/mol. The quantitative estimate of drug-likeness (QED) is 0.560. The van der Waals surface area contributed by atoms with E-state index in [9.17, 15) is 0 Å². The standard InChI is InChI=1S/C15H22/c1-7-11-14(12-8-2)15(5,6)13(9-3)10-4/h7-12H,1,3H2,2,4-6H3/b12-8-,13-10+,14-11+. The van der Waals surface area contributed by atoms with Gasteiger partial charge in [-0.15, -0.1) is 0 Å². The van der Waals surface area contributed by atoms with E-state index in [2.05, 4.69) is 39.2 Å². The summed E-state index contributed by atoms with van der Waals surface area (Å²) in [4.78, 5) is 0. The van der Waals surface area contributed by atoms with Crippen LogP contribution in [0, 0.1) is 5.41 Å². The number of allylic oxidation sites excluding steroid dienone is 8. The average molecular weight is 202 g/mol. The van der Waals surface area contributed by atoms with Gasteiger partial charge in [-0.25, -0.2) is 0 Å². The summed E-state index contributed by atoms with van der Waals surface area (Å²) in [6.07, 6.45) is 12.1. The third kappa shape index (κ3) is 3.39. The minimum atomic E-state index is -0.0167. The number of hydrogen-bond donors (Lipinski definition) is 0. The molecule has 0 bridgehead atoms. The van der Waals surface area contributed by atoms with Crippen LogP contribution in [0.3, 0.4) is 0 Å². The molecule has 0 aromatic heterocycles. The lowest BCUT2D eigenvalue weighted by molar-refractivity contribution is 0.565. The second kappa shape index (κ2) is 6.23. The minimum absolute atomic E-state index is 0.0167. The van der Waals surface area contributed by atoms with Gasteiger partial charge in [-0.05, 0) is 25.0 Å². The van der Waals surface area contributed by atoms with Crippen molar-refractivity contribution < 1.29 is 0 Å². The molecule has 0 amide bonds. The maximum Gasteiger partial charge on any atom is 0.0142 e. The van der Waals surface area contributed by atoms with Gasteiger partial charge >= 0.3 is 0 Å². The third-order valence-corrected chi connectivity index (χ3v) is 2.62. The van der Waals surface area contributed by atoms with Crippen molar-refractivity contribution in [3.05, 3.63) is 60.8 Å². The molecule has 15 heavy (non-hydrogen) atoms. The van der Waals surface area contributed by atoms with Crippen LogP contribution in [-0.4, -0.2) is 0 Å². The Labute approximate surface area is 94.4 Å². The van der Waals surface area contributed by atoms with Crippen LogP contribution >= 0.6 is 0 Å². The molecule has 0 N–H and O–H groups in total. The van der Waals surface area contributed by atoms with Crippen LogP contribution in [0.25, 0.3) is 0 Å². The fraction of sp³-hybridized carbons (Fsp3) is 0.333. The van der Waals surface area contributed by atoms with Gasteiger partial charge in [0.1, 0.15) is 0 Å². The van der Waals surface area contributed by atoms with Crippen LogP contribution in [0.2, 0.25) is 0 Å². The summed E-state index contributed by atoms with van der Waals surface area (Å²) >= 11 is 0. The normalized spacial score (nSPS) is 14.4. The highest BCUT2D eigenvalue weighted by Crippen LogP contribution is 2.36. The molecular formula is C15H22. The zero-order valence-corrected chi connectivity index (χ0v) is 10.4. The van der Waals surface area contributed by atoms with Gasteiger partial charge < -0.3 is 0 Å². The lowest BCUT2D eigenvalue weighted by Gasteiger charge is -2.28. The molecule has 82 valence electrons. The van der Waals surface area contributed by atoms with E-state index in [-0.39, 0.29) is 5.41 Å². The Morgan fingerprint density at radius 2 is 1.67 bits per heavy atom. The van der Waals surface area contributed by atoms with E-state index >= 15 is 0 Å². The highest BCUT2D eigenvalue weighted by molar-refractivity contribution is 5.40. The van der Waals surface area contributed by atoms with Crippen LogP contribution in [0.5, 0.6) is 0 Å². The van der Waals surface area contributed by atoms with E-state index in [0.29, 0.717) is 0 Å². The second-order valence-corrected chi connectivity index (χ2v) is 3.93. The monoisotopic (exact) mass is 202 g/mol. The van der Waals surface area contributed by atoms with E-state index in [1.165, 1.54) is 11.1 Å². The van der Waals surface area contributed by atoms with Crippen molar-refractivity contribution in [2.24, 2.45) is 5.41 Å². The van der Waals surface area contributed by atoms with Gasteiger partial charge in [0.15, 0.2) is 0 Å². The van der Waals surface area contributed by atoms with Crippen LogP contribution in [0.15, 0.2) is 60.8 Å². The van der Waals surface area contributed by atoms with Gasteiger partial charge in [-0.1, -0.05) is 63.5 Å². The van der Waals surface area contributed by atoms with Crippen molar-refractivity contribution in [3.8, 4) is 0 Å². The second-order valence-electron chi connectivity index (χ2n) is 3.93. The SMILES string of the molecule is C=C/C=C(\C=C/C)C(C)(C)/C(C=C)=C/C. The van der Waals surface area contributed by atoms with Crippen molar-refractivity contribution in [1.82, 2.24) is 0 Å². The Morgan fingerprint density at radius 1 is 1.07 bits per heavy atom. The zero-order chi connectivity index (χ0) is 11.9. The van der Waals surface area contributed by atoms with Crippen LogP contribution in [0.1, 0.15) is 27.7 Å². The van der Waals surface area contributed by atoms with Crippen molar-refractivity contribution in [3.63, 3.8) is 0 Å². The largest absolute Gasteiger partial charge is 0.0991 e. The summed E-state index contributed by atoms with van der Waals surface area (Å²) in [5.74, 6) is 0. The lowest BCUT2D eigenvalue weighted by Crippen LogP contribution is -2.15. The molecule has 0 atom stereocenters. The molecule has 0 spiro atoms. The topological polar surface area (TPSA) is 0 Å². The Hall–Kier alpha value is -1.30. The van der Waals surface area contributed by atoms with Crippen molar-refractivity contribution in [2.75, 3.05) is 0 Å². The van der Waals surface area contributed by atoms with Crippen LogP contribution < -0.4 is 0 Å². The van der Waals surface area contributed by atoms with Crippen molar-refractivity contribution >= 4 is 0 Å². The molecule has 0 heteroatoms. The molecular weight excluding hydrogens is 180 g/mol.